The summed E-state index contributed by atoms with van der Waals surface area (Å²) in [5.74, 6) is -0.395. The zero-order valence-electron chi connectivity index (χ0n) is 8.14. The first-order chi connectivity index (χ1) is 6.47. The van der Waals surface area contributed by atoms with Crippen molar-refractivity contribution in [2.75, 3.05) is 13.6 Å². The highest BCUT2D eigenvalue weighted by Gasteiger charge is 2.25. The van der Waals surface area contributed by atoms with Crippen LogP contribution >= 0.6 is 15.9 Å². The van der Waals surface area contributed by atoms with E-state index in [0.717, 1.165) is 4.47 Å². The number of benzene rings is 1. The monoisotopic (exact) mass is 261 g/mol. The van der Waals surface area contributed by atoms with Crippen molar-refractivity contribution in [1.82, 2.24) is 5.32 Å². The molecule has 0 amide bonds. The number of likely N-dealkylation sites (N-methyl/N-ethyl adjacent to an activating group) is 1. The van der Waals surface area contributed by atoms with Crippen LogP contribution in [0, 0.1) is 5.82 Å². The average molecular weight is 262 g/mol. The summed E-state index contributed by atoms with van der Waals surface area (Å²) in [6, 6.07) is 4.53. The minimum absolute atomic E-state index is 0.293. The molecule has 0 saturated carbocycles. The molecule has 14 heavy (non-hydrogen) atoms. The summed E-state index contributed by atoms with van der Waals surface area (Å²) < 4.78 is 14.1. The first-order valence-corrected chi connectivity index (χ1v) is 5.09. The SMILES string of the molecule is CNCC(C)(O)c1cc(Br)ccc1F. The predicted octanol–water partition coefficient (Wildman–Crippen LogP) is 2.02. The van der Waals surface area contributed by atoms with Crippen molar-refractivity contribution < 1.29 is 9.50 Å². The van der Waals surface area contributed by atoms with E-state index < -0.39 is 11.4 Å². The van der Waals surface area contributed by atoms with E-state index in [1.165, 1.54) is 6.07 Å². The minimum Gasteiger partial charge on any atom is -0.384 e. The molecule has 0 radical (unpaired) electrons. The van der Waals surface area contributed by atoms with Crippen LogP contribution in [0.1, 0.15) is 12.5 Å². The predicted molar refractivity (Wildman–Crippen MR) is 57.6 cm³/mol. The zero-order valence-corrected chi connectivity index (χ0v) is 9.73. The van der Waals surface area contributed by atoms with Gasteiger partial charge in [0.25, 0.3) is 0 Å². The Morgan fingerprint density at radius 2 is 2.21 bits per heavy atom. The van der Waals surface area contributed by atoms with Gasteiger partial charge in [-0.15, -0.1) is 0 Å². The van der Waals surface area contributed by atoms with Gasteiger partial charge in [-0.3, -0.25) is 0 Å². The number of aliphatic hydroxyl groups is 1. The van der Waals surface area contributed by atoms with Crippen molar-refractivity contribution in [1.29, 1.82) is 0 Å². The molecule has 2 nitrogen and oxygen atoms in total. The molecule has 0 aromatic heterocycles. The second-order valence-electron chi connectivity index (χ2n) is 3.43. The van der Waals surface area contributed by atoms with Crippen LogP contribution < -0.4 is 5.32 Å². The second-order valence-corrected chi connectivity index (χ2v) is 4.34. The quantitative estimate of drug-likeness (QED) is 0.873. The molecule has 1 unspecified atom stereocenters. The van der Waals surface area contributed by atoms with Gasteiger partial charge in [0, 0.05) is 16.6 Å². The van der Waals surface area contributed by atoms with Crippen LogP contribution in [-0.2, 0) is 5.60 Å². The molecular weight excluding hydrogens is 249 g/mol. The van der Waals surface area contributed by atoms with Gasteiger partial charge < -0.3 is 10.4 Å². The van der Waals surface area contributed by atoms with Gasteiger partial charge in [0.2, 0.25) is 0 Å². The van der Waals surface area contributed by atoms with Gasteiger partial charge in [-0.1, -0.05) is 15.9 Å². The highest BCUT2D eigenvalue weighted by atomic mass is 79.9. The molecule has 0 aliphatic rings. The Balaban J connectivity index is 3.10. The Hall–Kier alpha value is -0.450. The normalized spacial score (nSPS) is 15.2. The average Bonchev–Trinajstić information content (AvgIpc) is 2.09. The van der Waals surface area contributed by atoms with E-state index in [9.17, 15) is 9.50 Å². The molecule has 1 aromatic carbocycles. The lowest BCUT2D eigenvalue weighted by molar-refractivity contribution is 0.0553. The standard InChI is InChI=1S/C10H13BrFNO/c1-10(14,6-13-2)8-5-7(11)3-4-9(8)12/h3-5,13-14H,6H2,1-2H3. The Morgan fingerprint density at radius 3 is 2.79 bits per heavy atom. The van der Waals surface area contributed by atoms with E-state index in [2.05, 4.69) is 21.2 Å². The minimum atomic E-state index is -1.19. The largest absolute Gasteiger partial charge is 0.384 e. The Labute approximate surface area is 91.3 Å². The first kappa shape index (κ1) is 11.6. The maximum atomic E-state index is 13.4. The summed E-state index contributed by atoms with van der Waals surface area (Å²) >= 11 is 3.24. The lowest BCUT2D eigenvalue weighted by atomic mass is 9.95. The maximum Gasteiger partial charge on any atom is 0.129 e. The molecule has 0 spiro atoms. The molecule has 78 valence electrons. The van der Waals surface area contributed by atoms with Crippen LogP contribution in [0.2, 0.25) is 0 Å². The summed E-state index contributed by atoms with van der Waals surface area (Å²) in [6.45, 7) is 1.88. The molecule has 1 atom stereocenters. The van der Waals surface area contributed by atoms with Gasteiger partial charge in [-0.05, 0) is 32.2 Å². The summed E-state index contributed by atoms with van der Waals surface area (Å²) in [7, 11) is 1.71. The van der Waals surface area contributed by atoms with Gasteiger partial charge in [0.15, 0.2) is 0 Å². The lowest BCUT2D eigenvalue weighted by Gasteiger charge is -2.24. The highest BCUT2D eigenvalue weighted by molar-refractivity contribution is 9.10. The molecule has 2 N–H and O–H groups in total. The number of hydrogen-bond acceptors (Lipinski definition) is 2. The van der Waals surface area contributed by atoms with Gasteiger partial charge in [-0.2, -0.15) is 0 Å². The summed E-state index contributed by atoms with van der Waals surface area (Å²) in [6.07, 6.45) is 0. The topological polar surface area (TPSA) is 32.3 Å². The van der Waals surface area contributed by atoms with E-state index >= 15 is 0 Å². The fraction of sp³-hybridized carbons (Fsp3) is 0.400. The van der Waals surface area contributed by atoms with Crippen LogP contribution in [-0.4, -0.2) is 18.7 Å². The van der Waals surface area contributed by atoms with Gasteiger partial charge in [0.05, 0.1) is 0 Å². The van der Waals surface area contributed by atoms with E-state index in [1.54, 1.807) is 26.1 Å². The van der Waals surface area contributed by atoms with E-state index in [-0.39, 0.29) is 0 Å². The molecule has 1 aromatic rings. The van der Waals surface area contributed by atoms with Crippen LogP contribution in [0.25, 0.3) is 0 Å². The Bertz CT molecular complexity index is 328. The summed E-state index contributed by atoms with van der Waals surface area (Å²) in [5.41, 5.74) is -0.899. The highest BCUT2D eigenvalue weighted by Crippen LogP contribution is 2.25. The molecule has 0 bridgehead atoms. The zero-order chi connectivity index (χ0) is 10.8. The van der Waals surface area contributed by atoms with Crippen LogP contribution in [0.5, 0.6) is 0 Å². The molecule has 0 saturated heterocycles. The molecule has 0 heterocycles. The van der Waals surface area contributed by atoms with Crippen molar-refractivity contribution in [2.24, 2.45) is 0 Å². The molecular formula is C10H13BrFNO. The smallest absolute Gasteiger partial charge is 0.129 e. The Kier molecular flexibility index (Phi) is 3.64. The van der Waals surface area contributed by atoms with Crippen LogP contribution in [0.15, 0.2) is 22.7 Å². The fourth-order valence-corrected chi connectivity index (χ4v) is 1.71. The van der Waals surface area contributed by atoms with Crippen molar-refractivity contribution in [3.8, 4) is 0 Å². The summed E-state index contributed by atoms with van der Waals surface area (Å²) in [5, 5.41) is 12.8. The number of rotatable bonds is 3. The molecule has 0 fully saturated rings. The number of nitrogens with one attached hydrogen (secondary N) is 1. The van der Waals surface area contributed by atoms with E-state index in [4.69, 9.17) is 0 Å². The van der Waals surface area contributed by atoms with Crippen LogP contribution in [0.3, 0.4) is 0 Å². The lowest BCUT2D eigenvalue weighted by Crippen LogP contribution is -2.34. The first-order valence-electron chi connectivity index (χ1n) is 4.30. The Morgan fingerprint density at radius 1 is 1.57 bits per heavy atom. The van der Waals surface area contributed by atoms with Crippen molar-refractivity contribution >= 4 is 15.9 Å². The maximum absolute atomic E-state index is 13.4. The van der Waals surface area contributed by atoms with Gasteiger partial charge in [-0.25, -0.2) is 4.39 Å². The van der Waals surface area contributed by atoms with E-state index in [1.807, 2.05) is 0 Å². The second kappa shape index (κ2) is 4.38. The molecule has 1 rings (SSSR count). The van der Waals surface area contributed by atoms with E-state index in [0.29, 0.717) is 12.1 Å². The molecule has 0 aliphatic carbocycles. The molecule has 4 heteroatoms. The van der Waals surface area contributed by atoms with Crippen LogP contribution in [0.4, 0.5) is 4.39 Å². The molecule has 0 aliphatic heterocycles. The number of hydrogen-bond donors (Lipinski definition) is 2. The summed E-state index contributed by atoms with van der Waals surface area (Å²) in [4.78, 5) is 0. The van der Waals surface area contributed by atoms with Crippen molar-refractivity contribution in [2.45, 2.75) is 12.5 Å². The third-order valence-corrected chi connectivity index (χ3v) is 2.52. The number of halogens is 2. The third-order valence-electron chi connectivity index (χ3n) is 2.03. The third kappa shape index (κ3) is 2.53. The van der Waals surface area contributed by atoms with Gasteiger partial charge >= 0.3 is 0 Å². The van der Waals surface area contributed by atoms with Crippen molar-refractivity contribution in [3.05, 3.63) is 34.1 Å². The van der Waals surface area contributed by atoms with Crippen molar-refractivity contribution in [3.63, 3.8) is 0 Å². The fourth-order valence-electron chi connectivity index (χ4n) is 1.35. The van der Waals surface area contributed by atoms with Gasteiger partial charge in [0.1, 0.15) is 11.4 Å².